The zero-order chi connectivity index (χ0) is 17.8. The zero-order valence-corrected chi connectivity index (χ0v) is 13.9. The average Bonchev–Trinajstić information content (AvgIpc) is 2.96. The van der Waals surface area contributed by atoms with Gasteiger partial charge in [-0.3, -0.25) is 9.78 Å². The normalized spacial score (nSPS) is 10.6. The fourth-order valence-corrected chi connectivity index (χ4v) is 2.47. The molecule has 0 saturated carbocycles. The predicted octanol–water partition coefficient (Wildman–Crippen LogP) is 3.17. The summed E-state index contributed by atoms with van der Waals surface area (Å²) in [6, 6.07) is 10.0. The molecule has 7 heteroatoms. The Morgan fingerprint density at radius 1 is 1.12 bits per heavy atom. The number of aromatic amines is 1. The van der Waals surface area contributed by atoms with Crippen molar-refractivity contribution in [3.05, 3.63) is 52.5 Å². The molecule has 0 unspecified atom stereocenters. The maximum Gasteiger partial charge on any atom is 0.417 e. The first-order valence-corrected chi connectivity index (χ1v) is 7.94. The quantitative estimate of drug-likeness (QED) is 0.717. The van der Waals surface area contributed by atoms with E-state index in [-0.39, 0.29) is 5.91 Å². The van der Waals surface area contributed by atoms with E-state index in [0.717, 1.165) is 0 Å². The van der Waals surface area contributed by atoms with Crippen molar-refractivity contribution >= 4 is 22.7 Å². The Hall–Kier alpha value is -3.22. The van der Waals surface area contributed by atoms with Gasteiger partial charge in [0.1, 0.15) is 17.0 Å². The Balaban J connectivity index is 1.93. The van der Waals surface area contributed by atoms with E-state index in [9.17, 15) is 9.59 Å². The van der Waals surface area contributed by atoms with Gasteiger partial charge in [0.15, 0.2) is 5.58 Å². The molecule has 0 radical (unpaired) electrons. The van der Waals surface area contributed by atoms with Crippen molar-refractivity contribution < 1.29 is 18.7 Å². The summed E-state index contributed by atoms with van der Waals surface area (Å²) < 4.78 is 16.0. The number of carbonyl (C=O) groups is 1. The molecular formula is C18H18N2O5. The first-order chi connectivity index (χ1) is 12.1. The molecule has 0 bridgehead atoms. The van der Waals surface area contributed by atoms with Crippen molar-refractivity contribution in [3.8, 4) is 11.5 Å². The molecule has 2 N–H and O–H groups in total. The van der Waals surface area contributed by atoms with Crippen LogP contribution in [0, 0.1) is 0 Å². The summed E-state index contributed by atoms with van der Waals surface area (Å²) >= 11 is 0. The molecule has 1 heterocycles. The molecule has 0 atom stereocenters. The number of carbonyl (C=O) groups excluding carboxylic acids is 1. The van der Waals surface area contributed by atoms with Gasteiger partial charge in [0.05, 0.1) is 18.9 Å². The number of para-hydroxylation sites is 1. The van der Waals surface area contributed by atoms with Crippen LogP contribution < -0.4 is 20.5 Å². The molecule has 25 heavy (non-hydrogen) atoms. The third-order valence-electron chi connectivity index (χ3n) is 3.47. The van der Waals surface area contributed by atoms with Crippen LogP contribution in [0.4, 0.5) is 5.69 Å². The van der Waals surface area contributed by atoms with Gasteiger partial charge in [-0.25, -0.2) is 4.79 Å². The summed E-state index contributed by atoms with van der Waals surface area (Å²) in [6.07, 6.45) is 0. The maximum atomic E-state index is 12.6. The Labute approximate surface area is 143 Å². The van der Waals surface area contributed by atoms with E-state index in [1.165, 1.54) is 0 Å². The van der Waals surface area contributed by atoms with Crippen molar-refractivity contribution in [1.82, 2.24) is 4.98 Å². The molecule has 0 aliphatic heterocycles. The van der Waals surface area contributed by atoms with Crippen LogP contribution >= 0.6 is 0 Å². The highest BCUT2D eigenvalue weighted by Gasteiger charge is 2.13. The number of rotatable bonds is 6. The number of benzene rings is 2. The lowest BCUT2D eigenvalue weighted by Gasteiger charge is -2.11. The third kappa shape index (κ3) is 3.65. The second-order valence-corrected chi connectivity index (χ2v) is 5.21. The Morgan fingerprint density at radius 2 is 1.80 bits per heavy atom. The van der Waals surface area contributed by atoms with E-state index in [1.54, 1.807) is 36.4 Å². The van der Waals surface area contributed by atoms with Crippen molar-refractivity contribution in [2.75, 3.05) is 18.5 Å². The molecule has 3 rings (SSSR count). The summed E-state index contributed by atoms with van der Waals surface area (Å²) in [5.41, 5.74) is 1.65. The largest absolute Gasteiger partial charge is 0.494 e. The second kappa shape index (κ2) is 7.12. The Morgan fingerprint density at radius 3 is 2.44 bits per heavy atom. The Bertz CT molecular complexity index is 933. The SMILES string of the molecule is CCOc1cc(OCC)cc(C(=O)Nc2cccc3oc(=O)[nH]c23)c1. The van der Waals surface area contributed by atoms with Crippen LogP contribution in [0.1, 0.15) is 24.2 Å². The van der Waals surface area contributed by atoms with E-state index < -0.39 is 5.76 Å². The van der Waals surface area contributed by atoms with E-state index in [1.807, 2.05) is 13.8 Å². The molecule has 130 valence electrons. The van der Waals surface area contributed by atoms with Crippen LogP contribution in [0.25, 0.3) is 11.1 Å². The van der Waals surface area contributed by atoms with Gasteiger partial charge in [-0.1, -0.05) is 6.07 Å². The van der Waals surface area contributed by atoms with Crippen molar-refractivity contribution in [2.45, 2.75) is 13.8 Å². The van der Waals surface area contributed by atoms with Gasteiger partial charge in [0.2, 0.25) is 0 Å². The fourth-order valence-electron chi connectivity index (χ4n) is 2.47. The molecule has 2 aromatic carbocycles. The summed E-state index contributed by atoms with van der Waals surface area (Å²) in [7, 11) is 0. The van der Waals surface area contributed by atoms with Crippen LogP contribution in [0.2, 0.25) is 0 Å². The van der Waals surface area contributed by atoms with Gasteiger partial charge in [-0.2, -0.15) is 0 Å². The number of nitrogens with one attached hydrogen (secondary N) is 2. The number of hydrogen-bond donors (Lipinski definition) is 2. The minimum absolute atomic E-state index is 0.350. The highest BCUT2D eigenvalue weighted by atomic mass is 16.5. The number of ether oxygens (including phenoxy) is 2. The minimum Gasteiger partial charge on any atom is -0.494 e. The standard InChI is InChI=1S/C18H18N2O5/c1-3-23-12-8-11(9-13(10-12)24-4-2)17(21)19-14-6-5-7-15-16(14)20-18(22)25-15/h5-10H,3-4H2,1-2H3,(H,19,21)(H,20,22). The number of oxazole rings is 1. The molecular weight excluding hydrogens is 324 g/mol. The van der Waals surface area contributed by atoms with Crippen molar-refractivity contribution in [2.24, 2.45) is 0 Å². The topological polar surface area (TPSA) is 93.6 Å². The molecule has 0 aliphatic rings. The van der Waals surface area contributed by atoms with Gasteiger partial charge >= 0.3 is 5.76 Å². The minimum atomic E-state index is -0.575. The number of H-pyrrole nitrogens is 1. The molecule has 7 nitrogen and oxygen atoms in total. The van der Waals surface area contributed by atoms with Gasteiger partial charge in [-0.05, 0) is 38.1 Å². The molecule has 0 spiro atoms. The highest BCUT2D eigenvalue weighted by Crippen LogP contribution is 2.25. The molecule has 0 saturated heterocycles. The fraction of sp³-hybridized carbons (Fsp3) is 0.222. The first-order valence-electron chi connectivity index (χ1n) is 7.94. The second-order valence-electron chi connectivity index (χ2n) is 5.21. The average molecular weight is 342 g/mol. The first kappa shape index (κ1) is 16.6. The van der Waals surface area contributed by atoms with Gasteiger partial charge in [0.25, 0.3) is 5.91 Å². The van der Waals surface area contributed by atoms with Crippen LogP contribution in [0.3, 0.4) is 0 Å². The summed E-state index contributed by atoms with van der Waals surface area (Å²) in [5, 5.41) is 2.77. The van der Waals surface area contributed by atoms with Crippen LogP contribution in [0.15, 0.2) is 45.6 Å². The van der Waals surface area contributed by atoms with Crippen LogP contribution in [-0.2, 0) is 0 Å². The van der Waals surface area contributed by atoms with Crippen molar-refractivity contribution in [3.63, 3.8) is 0 Å². The number of aromatic nitrogens is 1. The van der Waals surface area contributed by atoms with Crippen LogP contribution in [0.5, 0.6) is 11.5 Å². The van der Waals surface area contributed by atoms with Crippen molar-refractivity contribution in [1.29, 1.82) is 0 Å². The van der Waals surface area contributed by atoms with E-state index >= 15 is 0 Å². The maximum absolute atomic E-state index is 12.6. The van der Waals surface area contributed by atoms with Crippen LogP contribution in [-0.4, -0.2) is 24.1 Å². The molecule has 3 aromatic rings. The Kier molecular flexibility index (Phi) is 4.74. The third-order valence-corrected chi connectivity index (χ3v) is 3.47. The lowest BCUT2D eigenvalue weighted by molar-refractivity contribution is 0.102. The number of hydrogen-bond acceptors (Lipinski definition) is 5. The van der Waals surface area contributed by atoms with E-state index in [0.29, 0.717) is 47.1 Å². The van der Waals surface area contributed by atoms with Gasteiger partial charge < -0.3 is 19.2 Å². The summed E-state index contributed by atoms with van der Waals surface area (Å²) in [6.45, 7) is 4.69. The summed E-state index contributed by atoms with van der Waals surface area (Å²) in [4.78, 5) is 26.6. The lowest BCUT2D eigenvalue weighted by atomic mass is 10.1. The molecule has 1 aromatic heterocycles. The van der Waals surface area contributed by atoms with Gasteiger partial charge in [-0.15, -0.1) is 0 Å². The predicted molar refractivity (Wildman–Crippen MR) is 93.6 cm³/mol. The molecule has 1 amide bonds. The number of anilines is 1. The zero-order valence-electron chi connectivity index (χ0n) is 13.9. The number of fused-ring (bicyclic) bond motifs is 1. The van der Waals surface area contributed by atoms with Gasteiger partial charge in [0, 0.05) is 11.6 Å². The number of amides is 1. The van der Waals surface area contributed by atoms with E-state index in [4.69, 9.17) is 13.9 Å². The monoisotopic (exact) mass is 342 g/mol. The van der Waals surface area contributed by atoms with E-state index in [2.05, 4.69) is 10.3 Å². The summed E-state index contributed by atoms with van der Waals surface area (Å²) in [5.74, 6) is 0.174. The smallest absolute Gasteiger partial charge is 0.417 e. The highest BCUT2D eigenvalue weighted by molar-refractivity contribution is 6.08. The molecule has 0 fully saturated rings. The molecule has 0 aliphatic carbocycles. The lowest BCUT2D eigenvalue weighted by Crippen LogP contribution is -2.13.